The van der Waals surface area contributed by atoms with Crippen molar-refractivity contribution in [2.75, 3.05) is 13.7 Å². The molecule has 174 valence electrons. The number of hydrogen-bond donors (Lipinski definition) is 0. The van der Waals surface area contributed by atoms with Crippen LogP contribution in [0.1, 0.15) is 39.2 Å². The molecule has 0 spiro atoms. The first-order chi connectivity index (χ1) is 15.9. The molecule has 0 radical (unpaired) electrons. The van der Waals surface area contributed by atoms with E-state index in [9.17, 15) is 4.79 Å². The minimum atomic E-state index is -0.244. The van der Waals surface area contributed by atoms with Gasteiger partial charge in [0.05, 0.1) is 12.6 Å². The second-order valence-electron chi connectivity index (χ2n) is 8.36. The number of fused-ring (bicyclic) bond motifs is 1. The molecule has 3 rings (SSSR count). The largest absolute Gasteiger partial charge is 0.497 e. The fourth-order valence-corrected chi connectivity index (χ4v) is 3.55. The molecule has 3 aromatic rings. The van der Waals surface area contributed by atoms with E-state index in [1.54, 1.807) is 18.7 Å². The number of pyridine rings is 1. The summed E-state index contributed by atoms with van der Waals surface area (Å²) in [6.45, 7) is 6.95. The molecule has 0 amide bonds. The molecule has 0 unspecified atom stereocenters. The summed E-state index contributed by atoms with van der Waals surface area (Å²) in [6, 6.07) is 15.4. The van der Waals surface area contributed by atoms with Crippen molar-refractivity contribution in [1.82, 2.24) is 4.57 Å². The van der Waals surface area contributed by atoms with Crippen LogP contribution in [0.25, 0.3) is 10.9 Å². The maximum Gasteiger partial charge on any atom is 0.297 e. The number of methoxy groups -OCH3 is 1. The van der Waals surface area contributed by atoms with E-state index in [0.29, 0.717) is 18.1 Å². The summed E-state index contributed by atoms with van der Waals surface area (Å²) in [5.41, 5.74) is 4.03. The summed E-state index contributed by atoms with van der Waals surface area (Å²) in [5, 5.41) is 0.802. The molecule has 0 N–H and O–H groups in total. The van der Waals surface area contributed by atoms with Gasteiger partial charge in [0.15, 0.2) is 5.75 Å². The van der Waals surface area contributed by atoms with Crippen LogP contribution in [0, 0.1) is 0 Å². The van der Waals surface area contributed by atoms with Crippen LogP contribution < -0.4 is 19.8 Å². The van der Waals surface area contributed by atoms with Gasteiger partial charge in [-0.2, -0.15) is 0 Å². The smallest absolute Gasteiger partial charge is 0.297 e. The van der Waals surface area contributed by atoms with Crippen LogP contribution in [0.3, 0.4) is 0 Å². The first kappa shape index (κ1) is 24.2. The third kappa shape index (κ3) is 6.28. The van der Waals surface area contributed by atoms with Gasteiger partial charge in [0.1, 0.15) is 19.0 Å². The third-order valence-electron chi connectivity index (χ3n) is 5.49. The van der Waals surface area contributed by atoms with Gasteiger partial charge in [-0.25, -0.2) is 0 Å². The Bertz CT molecular complexity index is 1200. The van der Waals surface area contributed by atoms with Crippen molar-refractivity contribution in [3.8, 4) is 17.2 Å². The van der Waals surface area contributed by atoms with Crippen LogP contribution in [0.5, 0.6) is 17.2 Å². The highest BCUT2D eigenvalue weighted by molar-refractivity contribution is 5.89. The molecule has 0 aliphatic heterocycles. The lowest BCUT2D eigenvalue weighted by molar-refractivity contribution is 0.271. The van der Waals surface area contributed by atoms with E-state index in [0.717, 1.165) is 29.3 Å². The van der Waals surface area contributed by atoms with E-state index in [-0.39, 0.29) is 17.9 Å². The quantitative estimate of drug-likeness (QED) is 0.347. The molecule has 1 aromatic heterocycles. The summed E-state index contributed by atoms with van der Waals surface area (Å²) in [4.78, 5) is 13.2. The van der Waals surface area contributed by atoms with E-state index in [2.05, 4.69) is 32.9 Å². The highest BCUT2D eigenvalue weighted by Gasteiger charge is 2.19. The molecule has 0 aliphatic rings. The van der Waals surface area contributed by atoms with Gasteiger partial charge in [0.25, 0.3) is 5.56 Å². The highest BCUT2D eigenvalue weighted by atomic mass is 16.5. The van der Waals surface area contributed by atoms with Gasteiger partial charge in [-0.15, -0.1) is 0 Å². The van der Waals surface area contributed by atoms with Gasteiger partial charge in [0.2, 0.25) is 5.75 Å². The Kier molecular flexibility index (Phi) is 8.36. The summed E-state index contributed by atoms with van der Waals surface area (Å²) in [6.07, 6.45) is 6.27. The second kappa shape index (κ2) is 11.4. The van der Waals surface area contributed by atoms with E-state index < -0.39 is 0 Å². The van der Waals surface area contributed by atoms with Crippen LogP contribution in [0.4, 0.5) is 0 Å². The van der Waals surface area contributed by atoms with Crippen molar-refractivity contribution in [3.63, 3.8) is 0 Å². The first-order valence-corrected chi connectivity index (χ1v) is 11.2. The number of hydrogen-bond acceptors (Lipinski definition) is 4. The van der Waals surface area contributed by atoms with Gasteiger partial charge in [-0.05, 0) is 57.4 Å². The van der Waals surface area contributed by atoms with Crippen molar-refractivity contribution in [1.29, 1.82) is 0 Å². The van der Waals surface area contributed by atoms with Crippen molar-refractivity contribution < 1.29 is 14.2 Å². The monoisotopic (exact) mass is 447 g/mol. The molecule has 1 heterocycles. The lowest BCUT2D eigenvalue weighted by Crippen LogP contribution is -2.21. The normalized spacial score (nSPS) is 11.4. The number of nitrogens with zero attached hydrogens (tertiary/aromatic N) is 1. The summed E-state index contributed by atoms with van der Waals surface area (Å²) in [5.74, 6) is 1.35. The molecule has 5 nitrogen and oxygen atoms in total. The maximum absolute atomic E-state index is 13.2. The molecule has 0 saturated heterocycles. The summed E-state index contributed by atoms with van der Waals surface area (Å²) in [7, 11) is 3.34. The Hall–Kier alpha value is -3.47. The molecule has 0 saturated carbocycles. The van der Waals surface area contributed by atoms with E-state index >= 15 is 0 Å². The number of ether oxygens (including phenoxy) is 3. The molecule has 5 heteroatoms. The minimum absolute atomic E-state index is 0.217. The number of aryl methyl sites for hydroxylation is 1. The van der Waals surface area contributed by atoms with Gasteiger partial charge in [0, 0.05) is 18.5 Å². The van der Waals surface area contributed by atoms with E-state index in [1.807, 2.05) is 48.5 Å². The number of rotatable bonds is 10. The van der Waals surface area contributed by atoms with Crippen molar-refractivity contribution in [2.24, 2.45) is 7.05 Å². The molecular weight excluding hydrogens is 414 g/mol. The van der Waals surface area contributed by atoms with Gasteiger partial charge in [-0.3, -0.25) is 4.79 Å². The van der Waals surface area contributed by atoms with Crippen molar-refractivity contribution in [3.05, 3.63) is 87.7 Å². The Morgan fingerprint density at radius 1 is 0.970 bits per heavy atom. The Balaban J connectivity index is 1.94. The molecule has 0 fully saturated rings. The highest BCUT2D eigenvalue weighted by Crippen LogP contribution is 2.35. The lowest BCUT2D eigenvalue weighted by Gasteiger charge is -2.17. The van der Waals surface area contributed by atoms with Crippen LogP contribution >= 0.6 is 0 Å². The van der Waals surface area contributed by atoms with Crippen molar-refractivity contribution >= 4 is 10.9 Å². The fraction of sp³-hybridized carbons (Fsp3) is 0.321. The maximum atomic E-state index is 13.2. The molecule has 33 heavy (non-hydrogen) atoms. The average Bonchev–Trinajstić information content (AvgIpc) is 2.81. The number of allylic oxidation sites excluding steroid dienone is 3. The first-order valence-electron chi connectivity index (χ1n) is 11.2. The lowest BCUT2D eigenvalue weighted by atomic mass is 10.1. The van der Waals surface area contributed by atoms with Crippen LogP contribution in [0.2, 0.25) is 0 Å². The van der Waals surface area contributed by atoms with Gasteiger partial charge in [-0.1, -0.05) is 47.6 Å². The zero-order chi connectivity index (χ0) is 23.8. The van der Waals surface area contributed by atoms with Crippen molar-refractivity contribution in [2.45, 2.75) is 40.2 Å². The predicted molar refractivity (Wildman–Crippen MR) is 134 cm³/mol. The Morgan fingerprint density at radius 3 is 2.42 bits per heavy atom. The van der Waals surface area contributed by atoms with E-state index in [4.69, 9.17) is 14.2 Å². The van der Waals surface area contributed by atoms with Crippen LogP contribution in [-0.4, -0.2) is 18.3 Å². The Morgan fingerprint density at radius 2 is 1.73 bits per heavy atom. The standard InChI is InChI=1S/C28H33NO4/c1-20(2)10-9-11-21(3)16-17-32-26-24-15-14-23(31-5)18-25(24)29(4)28(30)27(26)33-19-22-12-7-6-8-13-22/h6-8,10,12-16,18H,9,11,17,19H2,1-5H3/b21-16+. The second-order valence-corrected chi connectivity index (χ2v) is 8.36. The molecular formula is C28H33NO4. The van der Waals surface area contributed by atoms with Gasteiger partial charge < -0.3 is 18.8 Å². The van der Waals surface area contributed by atoms with Crippen LogP contribution in [0.15, 0.2) is 76.6 Å². The van der Waals surface area contributed by atoms with E-state index in [1.165, 1.54) is 11.1 Å². The van der Waals surface area contributed by atoms with Gasteiger partial charge >= 0.3 is 0 Å². The summed E-state index contributed by atoms with van der Waals surface area (Å²) >= 11 is 0. The SMILES string of the molecule is COc1ccc2c(OC/C=C(\C)CCC=C(C)C)c(OCc3ccccc3)c(=O)n(C)c2c1. The number of aromatic nitrogens is 1. The molecule has 0 atom stereocenters. The number of benzene rings is 2. The summed E-state index contributed by atoms with van der Waals surface area (Å²) < 4.78 is 19.1. The fourth-order valence-electron chi connectivity index (χ4n) is 3.55. The molecule has 0 aliphatic carbocycles. The zero-order valence-electron chi connectivity index (χ0n) is 20.2. The topological polar surface area (TPSA) is 49.7 Å². The Labute approximate surface area is 195 Å². The molecule has 2 aromatic carbocycles. The van der Waals surface area contributed by atoms with Crippen LogP contribution in [-0.2, 0) is 13.7 Å². The minimum Gasteiger partial charge on any atom is -0.497 e. The third-order valence-corrected chi connectivity index (χ3v) is 5.49. The molecule has 0 bridgehead atoms. The zero-order valence-corrected chi connectivity index (χ0v) is 20.2. The predicted octanol–water partition coefficient (Wildman–Crippen LogP) is 6.20. The average molecular weight is 448 g/mol.